The van der Waals surface area contributed by atoms with E-state index in [0.29, 0.717) is 23.3 Å². The molecule has 2 aromatic heterocycles. The van der Waals surface area contributed by atoms with Gasteiger partial charge in [-0.2, -0.15) is 0 Å². The van der Waals surface area contributed by atoms with Crippen molar-refractivity contribution in [2.75, 3.05) is 19.7 Å². The predicted octanol–water partition coefficient (Wildman–Crippen LogP) is 2.41. The van der Waals surface area contributed by atoms with E-state index < -0.39 is 5.97 Å². The molecule has 1 fully saturated rings. The van der Waals surface area contributed by atoms with E-state index in [4.69, 9.17) is 4.74 Å². The topological polar surface area (TPSA) is 81.5 Å². The maximum Gasteiger partial charge on any atom is 0.326 e. The van der Waals surface area contributed by atoms with E-state index in [2.05, 4.69) is 4.98 Å². The molecule has 27 heavy (non-hydrogen) atoms. The summed E-state index contributed by atoms with van der Waals surface area (Å²) in [6, 6.07) is 0. The number of rotatable bonds is 4. The smallest absolute Gasteiger partial charge is 0.326 e. The molecule has 8 heteroatoms. The van der Waals surface area contributed by atoms with E-state index in [1.807, 2.05) is 13.8 Å². The van der Waals surface area contributed by atoms with E-state index in [1.165, 1.54) is 28.7 Å². The molecule has 7 nitrogen and oxygen atoms in total. The van der Waals surface area contributed by atoms with Crippen LogP contribution in [0.3, 0.4) is 0 Å². The fourth-order valence-electron chi connectivity index (χ4n) is 3.30. The minimum Gasteiger partial charge on any atom is -0.454 e. The number of aromatic nitrogens is 2. The van der Waals surface area contributed by atoms with Crippen molar-refractivity contribution in [3.8, 4) is 0 Å². The maximum absolute atomic E-state index is 12.6. The lowest BCUT2D eigenvalue weighted by atomic mass is 10.1. The van der Waals surface area contributed by atoms with Gasteiger partial charge in [-0.05, 0) is 32.3 Å². The number of esters is 1. The van der Waals surface area contributed by atoms with Gasteiger partial charge in [-0.15, -0.1) is 11.3 Å². The van der Waals surface area contributed by atoms with Gasteiger partial charge in [0.2, 0.25) is 0 Å². The number of hydrogen-bond donors (Lipinski definition) is 0. The Morgan fingerprint density at radius 2 is 1.81 bits per heavy atom. The van der Waals surface area contributed by atoms with Crippen LogP contribution in [0.1, 0.15) is 42.5 Å². The van der Waals surface area contributed by atoms with Crippen molar-refractivity contribution >= 4 is 33.4 Å². The molecule has 0 radical (unpaired) electrons. The Morgan fingerprint density at radius 1 is 1.15 bits per heavy atom. The molecule has 0 aromatic carbocycles. The van der Waals surface area contributed by atoms with Crippen LogP contribution in [0.2, 0.25) is 0 Å². The highest BCUT2D eigenvalue weighted by atomic mass is 32.1. The van der Waals surface area contributed by atoms with Crippen molar-refractivity contribution in [3.05, 3.63) is 27.1 Å². The van der Waals surface area contributed by atoms with Crippen LogP contribution in [-0.2, 0) is 20.9 Å². The van der Waals surface area contributed by atoms with Crippen molar-refractivity contribution in [1.82, 2.24) is 14.5 Å². The Labute approximate surface area is 161 Å². The SMILES string of the molecule is Cc1sc2ncn(CC(=O)OCC(=O)N3CCCCCCC3)c(=O)c2c1C. The molecule has 1 aliphatic rings. The van der Waals surface area contributed by atoms with Crippen LogP contribution in [0.25, 0.3) is 10.2 Å². The van der Waals surface area contributed by atoms with Crippen LogP contribution < -0.4 is 5.56 Å². The van der Waals surface area contributed by atoms with Crippen LogP contribution in [0.4, 0.5) is 0 Å². The quantitative estimate of drug-likeness (QED) is 0.748. The van der Waals surface area contributed by atoms with Gasteiger partial charge in [-0.3, -0.25) is 19.0 Å². The minimum atomic E-state index is -0.608. The molecule has 1 saturated heterocycles. The van der Waals surface area contributed by atoms with Gasteiger partial charge < -0.3 is 9.64 Å². The van der Waals surface area contributed by atoms with Gasteiger partial charge in [-0.25, -0.2) is 4.98 Å². The first-order valence-electron chi connectivity index (χ1n) is 9.36. The van der Waals surface area contributed by atoms with Crippen molar-refractivity contribution in [1.29, 1.82) is 0 Å². The summed E-state index contributed by atoms with van der Waals surface area (Å²) in [6.07, 6.45) is 6.81. The molecule has 146 valence electrons. The standard InChI is InChI=1S/C19H25N3O4S/c1-13-14(2)27-18-17(13)19(25)22(12-20-18)10-16(24)26-11-15(23)21-8-6-4-3-5-7-9-21/h12H,3-11H2,1-2H3. The number of carbonyl (C=O) groups excluding carboxylic acids is 2. The van der Waals surface area contributed by atoms with Gasteiger partial charge in [0.15, 0.2) is 6.61 Å². The van der Waals surface area contributed by atoms with Gasteiger partial charge in [0.05, 0.1) is 11.7 Å². The Bertz CT molecular complexity index is 894. The molecule has 0 aliphatic carbocycles. The third-order valence-corrected chi connectivity index (χ3v) is 6.14. The summed E-state index contributed by atoms with van der Waals surface area (Å²) in [5, 5.41) is 0.546. The van der Waals surface area contributed by atoms with Gasteiger partial charge in [0.25, 0.3) is 11.5 Å². The molecule has 0 atom stereocenters. The van der Waals surface area contributed by atoms with Crippen LogP contribution >= 0.6 is 11.3 Å². The molecule has 1 amide bonds. The lowest BCUT2D eigenvalue weighted by Crippen LogP contribution is -2.37. The molecular weight excluding hydrogens is 366 g/mol. The molecule has 1 aliphatic heterocycles. The van der Waals surface area contributed by atoms with Crippen LogP contribution in [0.15, 0.2) is 11.1 Å². The molecular formula is C19H25N3O4S. The predicted molar refractivity (Wildman–Crippen MR) is 104 cm³/mol. The Kier molecular flexibility index (Phi) is 6.26. The summed E-state index contributed by atoms with van der Waals surface area (Å²) in [5.41, 5.74) is 0.636. The van der Waals surface area contributed by atoms with Gasteiger partial charge in [0, 0.05) is 18.0 Å². The normalized spacial score (nSPS) is 15.4. The van der Waals surface area contributed by atoms with Gasteiger partial charge in [0.1, 0.15) is 11.4 Å². The number of nitrogens with zero attached hydrogens (tertiary/aromatic N) is 3. The number of aryl methyl sites for hydroxylation is 2. The second-order valence-corrected chi connectivity index (χ2v) is 8.15. The van der Waals surface area contributed by atoms with Crippen molar-refractivity contribution in [2.24, 2.45) is 0 Å². The Morgan fingerprint density at radius 3 is 2.52 bits per heavy atom. The number of carbonyl (C=O) groups is 2. The Balaban J connectivity index is 1.60. The molecule has 0 bridgehead atoms. The average Bonchev–Trinajstić information content (AvgIpc) is 2.90. The zero-order chi connectivity index (χ0) is 19.4. The molecule has 3 rings (SSSR count). The zero-order valence-electron chi connectivity index (χ0n) is 15.8. The van der Waals surface area contributed by atoms with Crippen molar-refractivity contribution in [3.63, 3.8) is 0 Å². The highest BCUT2D eigenvalue weighted by Gasteiger charge is 2.18. The second-order valence-electron chi connectivity index (χ2n) is 6.95. The Hall–Kier alpha value is -2.22. The largest absolute Gasteiger partial charge is 0.454 e. The highest BCUT2D eigenvalue weighted by Crippen LogP contribution is 2.25. The monoisotopic (exact) mass is 391 g/mol. The lowest BCUT2D eigenvalue weighted by molar-refractivity contribution is -0.152. The fourth-order valence-corrected chi connectivity index (χ4v) is 4.29. The van der Waals surface area contributed by atoms with Crippen LogP contribution in [0, 0.1) is 13.8 Å². The molecule has 0 spiro atoms. The van der Waals surface area contributed by atoms with Gasteiger partial charge in [-0.1, -0.05) is 19.3 Å². The van der Waals surface area contributed by atoms with E-state index in [9.17, 15) is 14.4 Å². The summed E-state index contributed by atoms with van der Waals surface area (Å²) in [5.74, 6) is -0.779. The summed E-state index contributed by atoms with van der Waals surface area (Å²) in [4.78, 5) is 44.7. The third-order valence-electron chi connectivity index (χ3n) is 5.02. The first-order valence-corrected chi connectivity index (χ1v) is 10.2. The fraction of sp³-hybridized carbons (Fsp3) is 0.579. The molecule has 0 N–H and O–H groups in total. The second kappa shape index (κ2) is 8.65. The lowest BCUT2D eigenvalue weighted by Gasteiger charge is -2.24. The molecule has 0 saturated carbocycles. The minimum absolute atomic E-state index is 0.171. The maximum atomic E-state index is 12.6. The number of amides is 1. The molecule has 2 aromatic rings. The first kappa shape index (κ1) is 19.5. The van der Waals surface area contributed by atoms with Crippen LogP contribution in [-0.4, -0.2) is 46.0 Å². The van der Waals surface area contributed by atoms with Crippen LogP contribution in [0.5, 0.6) is 0 Å². The van der Waals surface area contributed by atoms with E-state index >= 15 is 0 Å². The number of thiophene rings is 1. The molecule has 0 unspecified atom stereocenters. The summed E-state index contributed by atoms with van der Waals surface area (Å²) in [6.45, 7) is 4.72. The number of fused-ring (bicyclic) bond motifs is 1. The average molecular weight is 391 g/mol. The van der Waals surface area contributed by atoms with E-state index in [-0.39, 0.29) is 24.6 Å². The highest BCUT2D eigenvalue weighted by molar-refractivity contribution is 7.18. The van der Waals surface area contributed by atoms with Crippen molar-refractivity contribution < 1.29 is 14.3 Å². The number of ether oxygens (including phenoxy) is 1. The van der Waals surface area contributed by atoms with E-state index in [1.54, 1.807) is 4.90 Å². The zero-order valence-corrected chi connectivity index (χ0v) is 16.6. The summed E-state index contributed by atoms with van der Waals surface area (Å²) < 4.78 is 6.36. The molecule has 3 heterocycles. The van der Waals surface area contributed by atoms with E-state index in [0.717, 1.165) is 36.1 Å². The van der Waals surface area contributed by atoms with Gasteiger partial charge >= 0.3 is 5.97 Å². The summed E-state index contributed by atoms with van der Waals surface area (Å²) in [7, 11) is 0. The number of hydrogen-bond acceptors (Lipinski definition) is 6. The number of likely N-dealkylation sites (tertiary alicyclic amines) is 1. The first-order chi connectivity index (χ1) is 13.0. The summed E-state index contributed by atoms with van der Waals surface area (Å²) >= 11 is 1.46. The third kappa shape index (κ3) is 4.55. The van der Waals surface area contributed by atoms with Crippen molar-refractivity contribution in [2.45, 2.75) is 52.5 Å².